The lowest BCUT2D eigenvalue weighted by molar-refractivity contribution is 0.269. The number of aromatic hydroxyl groups is 1. The highest BCUT2D eigenvalue weighted by atomic mass is 35.5. The van der Waals surface area contributed by atoms with Crippen molar-refractivity contribution in [1.29, 1.82) is 10.5 Å². The fourth-order valence-corrected chi connectivity index (χ4v) is 4.12. The minimum Gasteiger partial charge on any atom is -0.508 e. The molecule has 0 aliphatic carbocycles. The molecule has 1 aliphatic rings. The third kappa shape index (κ3) is 4.30. The summed E-state index contributed by atoms with van der Waals surface area (Å²) in [7, 11) is 0. The molecular formula is C26H20ClN3O4. The number of rotatable bonds is 6. The monoisotopic (exact) mass is 473 g/mol. The summed E-state index contributed by atoms with van der Waals surface area (Å²) in [4.78, 5) is 0. The molecule has 1 heterocycles. The Morgan fingerprint density at radius 2 is 1.88 bits per heavy atom. The van der Waals surface area contributed by atoms with E-state index in [-0.39, 0.29) is 28.8 Å². The highest BCUT2D eigenvalue weighted by Gasteiger charge is 2.32. The number of nitrogens with two attached hydrogens (primary N) is 1. The predicted octanol–water partition coefficient (Wildman–Crippen LogP) is 5.11. The first-order valence-corrected chi connectivity index (χ1v) is 10.8. The van der Waals surface area contributed by atoms with Crippen LogP contribution in [0.25, 0.3) is 0 Å². The molecule has 3 aromatic rings. The highest BCUT2D eigenvalue weighted by Crippen LogP contribution is 2.47. The van der Waals surface area contributed by atoms with E-state index in [1.165, 1.54) is 12.1 Å². The summed E-state index contributed by atoms with van der Waals surface area (Å²) in [6.07, 6.45) is 0. The van der Waals surface area contributed by atoms with Gasteiger partial charge in [0.2, 0.25) is 5.88 Å². The first-order chi connectivity index (χ1) is 16.5. The largest absolute Gasteiger partial charge is 0.508 e. The van der Waals surface area contributed by atoms with Crippen LogP contribution < -0.4 is 19.9 Å². The Balaban J connectivity index is 1.77. The molecule has 0 unspecified atom stereocenters. The van der Waals surface area contributed by atoms with E-state index < -0.39 is 5.92 Å². The van der Waals surface area contributed by atoms with Crippen molar-refractivity contribution in [1.82, 2.24) is 0 Å². The minimum absolute atomic E-state index is 0.0140. The van der Waals surface area contributed by atoms with Crippen LogP contribution in [0.4, 0.5) is 0 Å². The normalized spacial score (nSPS) is 14.4. The van der Waals surface area contributed by atoms with E-state index in [0.717, 1.165) is 0 Å². The van der Waals surface area contributed by atoms with Gasteiger partial charge in [0.25, 0.3) is 0 Å². The van der Waals surface area contributed by atoms with Gasteiger partial charge in [-0.3, -0.25) is 0 Å². The SMILES string of the molecule is CCOc1cc([C@H]2C(C#N)=C(N)Oc3cc(O)ccc32)cc(Cl)c1OCc1ccccc1C#N. The molecule has 7 nitrogen and oxygen atoms in total. The van der Waals surface area contributed by atoms with Crippen LogP contribution >= 0.6 is 11.6 Å². The topological polar surface area (TPSA) is 122 Å². The lowest BCUT2D eigenvalue weighted by atomic mass is 9.83. The number of hydrogen-bond donors (Lipinski definition) is 2. The molecule has 8 heteroatoms. The van der Waals surface area contributed by atoms with Gasteiger partial charge in [0.05, 0.1) is 29.2 Å². The van der Waals surface area contributed by atoms with Crippen molar-refractivity contribution in [2.75, 3.05) is 6.61 Å². The van der Waals surface area contributed by atoms with E-state index in [0.29, 0.717) is 46.1 Å². The van der Waals surface area contributed by atoms with Gasteiger partial charge in [-0.2, -0.15) is 10.5 Å². The number of halogens is 1. The Hall–Kier alpha value is -4.33. The van der Waals surface area contributed by atoms with Crippen molar-refractivity contribution in [3.8, 4) is 35.1 Å². The zero-order valence-corrected chi connectivity index (χ0v) is 19.0. The van der Waals surface area contributed by atoms with Crippen molar-refractivity contribution in [3.05, 3.63) is 93.3 Å². The maximum Gasteiger partial charge on any atom is 0.205 e. The average molecular weight is 474 g/mol. The van der Waals surface area contributed by atoms with Crippen LogP contribution in [0.3, 0.4) is 0 Å². The fourth-order valence-electron chi connectivity index (χ4n) is 3.85. The molecular weight excluding hydrogens is 454 g/mol. The van der Waals surface area contributed by atoms with E-state index in [2.05, 4.69) is 12.1 Å². The van der Waals surface area contributed by atoms with E-state index in [1.807, 2.05) is 19.1 Å². The lowest BCUT2D eigenvalue weighted by Crippen LogP contribution is -2.21. The van der Waals surface area contributed by atoms with Gasteiger partial charge in [-0.1, -0.05) is 35.9 Å². The minimum atomic E-state index is -0.584. The smallest absolute Gasteiger partial charge is 0.205 e. The molecule has 4 rings (SSSR count). The maximum absolute atomic E-state index is 9.86. The summed E-state index contributed by atoms with van der Waals surface area (Å²) in [5.41, 5.74) is 8.76. The van der Waals surface area contributed by atoms with Crippen LogP contribution in [-0.2, 0) is 6.61 Å². The molecule has 0 saturated carbocycles. The molecule has 34 heavy (non-hydrogen) atoms. The number of nitriles is 2. The second-order valence-corrected chi connectivity index (χ2v) is 7.87. The van der Waals surface area contributed by atoms with Crippen LogP contribution in [0.2, 0.25) is 5.02 Å². The second-order valence-electron chi connectivity index (χ2n) is 7.47. The van der Waals surface area contributed by atoms with Gasteiger partial charge >= 0.3 is 0 Å². The number of phenolic OH excluding ortho intramolecular Hbond substituents is 1. The molecule has 1 aliphatic heterocycles. The number of nitrogens with zero attached hydrogens (tertiary/aromatic N) is 2. The second kappa shape index (κ2) is 9.66. The number of allylic oxidation sites excluding steroid dienone is 1. The van der Waals surface area contributed by atoms with Gasteiger partial charge in [0, 0.05) is 17.2 Å². The molecule has 0 saturated heterocycles. The molecule has 1 atom stereocenters. The van der Waals surface area contributed by atoms with Gasteiger partial charge in [-0.25, -0.2) is 0 Å². The van der Waals surface area contributed by atoms with E-state index >= 15 is 0 Å². The third-order valence-electron chi connectivity index (χ3n) is 5.38. The Morgan fingerprint density at radius 1 is 1.09 bits per heavy atom. The fraction of sp³-hybridized carbons (Fsp3) is 0.154. The first kappa shape index (κ1) is 22.8. The van der Waals surface area contributed by atoms with Crippen LogP contribution in [-0.4, -0.2) is 11.7 Å². The summed E-state index contributed by atoms with van der Waals surface area (Å²) >= 11 is 6.64. The zero-order chi connectivity index (χ0) is 24.2. The molecule has 0 aromatic heterocycles. The van der Waals surface area contributed by atoms with Gasteiger partial charge in [0.1, 0.15) is 29.7 Å². The Morgan fingerprint density at radius 3 is 2.62 bits per heavy atom. The number of ether oxygens (including phenoxy) is 3. The summed E-state index contributed by atoms with van der Waals surface area (Å²) in [5, 5.41) is 29.3. The first-order valence-electron chi connectivity index (χ1n) is 10.4. The van der Waals surface area contributed by atoms with Gasteiger partial charge in [-0.15, -0.1) is 0 Å². The molecule has 0 radical (unpaired) electrons. The third-order valence-corrected chi connectivity index (χ3v) is 5.66. The number of fused-ring (bicyclic) bond motifs is 1. The van der Waals surface area contributed by atoms with Gasteiger partial charge in [0.15, 0.2) is 11.5 Å². The van der Waals surface area contributed by atoms with Gasteiger partial charge < -0.3 is 25.1 Å². The van der Waals surface area contributed by atoms with E-state index in [1.54, 1.807) is 30.3 Å². The zero-order valence-electron chi connectivity index (χ0n) is 18.2. The molecule has 170 valence electrons. The highest BCUT2D eigenvalue weighted by molar-refractivity contribution is 6.32. The van der Waals surface area contributed by atoms with E-state index in [4.69, 9.17) is 31.5 Å². The number of benzene rings is 3. The molecule has 0 spiro atoms. The Kier molecular flexibility index (Phi) is 6.49. The Bertz CT molecular complexity index is 1370. The van der Waals surface area contributed by atoms with E-state index in [9.17, 15) is 15.6 Å². The van der Waals surface area contributed by atoms with Crippen LogP contribution in [0.5, 0.6) is 23.0 Å². The molecule has 0 amide bonds. The standard InChI is InChI=1S/C26H20ClN3O4/c1-2-32-23-10-17(9-21(27)25(23)33-14-16-6-4-3-5-15(16)12-28)24-19-8-7-18(31)11-22(19)34-26(30)20(24)13-29/h3-11,24,31H,2,14,30H2,1H3/t24-/m1/s1. The number of phenols is 1. The lowest BCUT2D eigenvalue weighted by Gasteiger charge is -2.27. The quantitative estimate of drug-likeness (QED) is 0.509. The molecule has 0 bridgehead atoms. The van der Waals surface area contributed by atoms with Crippen LogP contribution in [0.15, 0.2) is 66.1 Å². The summed E-state index contributed by atoms with van der Waals surface area (Å²) in [6.45, 7) is 2.31. The van der Waals surface area contributed by atoms with Crippen molar-refractivity contribution >= 4 is 11.6 Å². The Labute approximate surface area is 201 Å². The predicted molar refractivity (Wildman–Crippen MR) is 126 cm³/mol. The van der Waals surface area contributed by atoms with Crippen molar-refractivity contribution in [3.63, 3.8) is 0 Å². The summed E-state index contributed by atoms with van der Waals surface area (Å²) < 4.78 is 17.4. The molecule has 0 fully saturated rings. The summed E-state index contributed by atoms with van der Waals surface area (Å²) in [6, 6.07) is 19.5. The maximum atomic E-state index is 9.86. The van der Waals surface area contributed by atoms with Crippen molar-refractivity contribution in [2.45, 2.75) is 19.4 Å². The van der Waals surface area contributed by atoms with Gasteiger partial charge in [-0.05, 0) is 36.8 Å². The average Bonchev–Trinajstić information content (AvgIpc) is 2.82. The molecule has 3 aromatic carbocycles. The van der Waals surface area contributed by atoms with Crippen LogP contribution in [0, 0.1) is 22.7 Å². The van der Waals surface area contributed by atoms with Crippen molar-refractivity contribution in [2.24, 2.45) is 5.73 Å². The molecule has 3 N–H and O–H groups in total. The van der Waals surface area contributed by atoms with Crippen molar-refractivity contribution < 1.29 is 19.3 Å². The van der Waals surface area contributed by atoms with Crippen LogP contribution in [0.1, 0.15) is 35.1 Å². The summed E-state index contributed by atoms with van der Waals surface area (Å²) in [5.74, 6) is 0.451. The number of hydrogen-bond acceptors (Lipinski definition) is 7.